The molecule has 0 unspecified atom stereocenters. The first-order valence-electron chi connectivity index (χ1n) is 3.76. The van der Waals surface area contributed by atoms with E-state index in [1.54, 1.807) is 0 Å². The van der Waals surface area contributed by atoms with Crippen LogP contribution in [0, 0.1) is 22.5 Å². The lowest BCUT2D eigenvalue weighted by atomic mass is 10.3. The fourth-order valence-corrected chi connectivity index (χ4v) is 1.85. The molecule has 0 aromatic heterocycles. The predicted molar refractivity (Wildman–Crippen MR) is 60.1 cm³/mol. The van der Waals surface area contributed by atoms with E-state index in [4.69, 9.17) is 22.8 Å². The van der Waals surface area contributed by atoms with E-state index < -0.39 is 4.92 Å². The zero-order chi connectivity index (χ0) is 11.4. The number of ether oxygens (including phenoxy) is 1. The lowest BCUT2D eigenvalue weighted by Gasteiger charge is -2.06. The van der Waals surface area contributed by atoms with Crippen LogP contribution in [0.15, 0.2) is 16.6 Å². The van der Waals surface area contributed by atoms with E-state index in [1.165, 1.54) is 12.1 Å². The Kier molecular flexibility index (Phi) is 3.95. The van der Waals surface area contributed by atoms with Crippen LogP contribution in [-0.4, -0.2) is 11.5 Å². The van der Waals surface area contributed by atoms with Gasteiger partial charge < -0.3 is 4.74 Å². The van der Waals surface area contributed by atoms with Gasteiger partial charge in [-0.15, -0.1) is 6.42 Å². The topological polar surface area (TPSA) is 52.4 Å². The van der Waals surface area contributed by atoms with E-state index in [2.05, 4.69) is 21.9 Å². The van der Waals surface area contributed by atoms with Gasteiger partial charge in [0.2, 0.25) is 5.75 Å². The summed E-state index contributed by atoms with van der Waals surface area (Å²) in [5.74, 6) is 2.31. The van der Waals surface area contributed by atoms with Gasteiger partial charge in [-0.1, -0.05) is 17.5 Å². The summed E-state index contributed by atoms with van der Waals surface area (Å²) in [5, 5.41) is 10.9. The summed E-state index contributed by atoms with van der Waals surface area (Å²) in [6.45, 7) is -0.0406. The van der Waals surface area contributed by atoms with Crippen molar-refractivity contribution in [2.45, 2.75) is 0 Å². The first-order valence-corrected chi connectivity index (χ1v) is 4.93. The fraction of sp³-hybridized carbons (Fsp3) is 0.111. The molecule has 0 spiro atoms. The lowest BCUT2D eigenvalue weighted by molar-refractivity contribution is -0.385. The summed E-state index contributed by atoms with van der Waals surface area (Å²) < 4.78 is 5.45. The molecule has 0 radical (unpaired) electrons. The lowest BCUT2D eigenvalue weighted by Crippen LogP contribution is -1.99. The van der Waals surface area contributed by atoms with Crippen molar-refractivity contribution < 1.29 is 9.66 Å². The van der Waals surface area contributed by atoms with Gasteiger partial charge in [-0.25, -0.2) is 0 Å². The van der Waals surface area contributed by atoms with Crippen LogP contribution in [0.25, 0.3) is 0 Å². The van der Waals surface area contributed by atoms with Crippen LogP contribution < -0.4 is 4.74 Å². The minimum Gasteiger partial charge on any atom is -0.473 e. The van der Waals surface area contributed by atoms with E-state index in [0.717, 1.165) is 0 Å². The molecule has 0 heterocycles. The Morgan fingerprint density at radius 2 is 2.33 bits per heavy atom. The Hall–Kier alpha value is -1.25. The molecule has 0 atom stereocenters. The number of hydrogen-bond acceptors (Lipinski definition) is 3. The van der Waals surface area contributed by atoms with Crippen LogP contribution in [0.2, 0.25) is 5.02 Å². The van der Waals surface area contributed by atoms with Crippen molar-refractivity contribution >= 4 is 33.2 Å². The summed E-state index contributed by atoms with van der Waals surface area (Å²) in [6, 6.07) is 2.71. The van der Waals surface area contributed by atoms with E-state index in [9.17, 15) is 10.1 Å². The second-order valence-electron chi connectivity index (χ2n) is 2.49. The highest BCUT2D eigenvalue weighted by molar-refractivity contribution is 9.10. The van der Waals surface area contributed by atoms with Crippen LogP contribution in [0.1, 0.15) is 0 Å². The molecule has 0 N–H and O–H groups in total. The van der Waals surface area contributed by atoms with Crippen LogP contribution in [-0.2, 0) is 0 Å². The number of nitro benzene ring substituents is 1. The number of benzene rings is 1. The maximum absolute atomic E-state index is 10.7. The zero-order valence-electron chi connectivity index (χ0n) is 7.37. The van der Waals surface area contributed by atoms with Crippen molar-refractivity contribution in [1.29, 1.82) is 0 Å². The number of terminal acetylenes is 1. The molecule has 1 rings (SSSR count). The summed E-state index contributed by atoms with van der Waals surface area (Å²) in [4.78, 5) is 10.1. The van der Waals surface area contributed by atoms with Crippen molar-refractivity contribution in [1.82, 2.24) is 0 Å². The van der Waals surface area contributed by atoms with Gasteiger partial charge in [0.1, 0.15) is 6.61 Å². The normalized spacial score (nSPS) is 9.40. The molecule has 0 fully saturated rings. The fourth-order valence-electron chi connectivity index (χ4n) is 0.939. The standard InChI is InChI=1S/C9H5BrClNO3/c1-2-3-15-9-7(10)4-6(11)5-8(9)12(13)14/h1,4-5H,3H2. The van der Waals surface area contributed by atoms with E-state index in [-0.39, 0.29) is 23.1 Å². The highest BCUT2D eigenvalue weighted by Crippen LogP contribution is 2.37. The second-order valence-corrected chi connectivity index (χ2v) is 3.78. The Balaban J connectivity index is 3.22. The van der Waals surface area contributed by atoms with Crippen molar-refractivity contribution in [3.05, 3.63) is 31.7 Å². The number of halogens is 2. The molecule has 78 valence electrons. The average molecular weight is 290 g/mol. The van der Waals surface area contributed by atoms with Crippen LogP contribution in [0.4, 0.5) is 5.69 Å². The highest BCUT2D eigenvalue weighted by Gasteiger charge is 2.19. The average Bonchev–Trinajstić information content (AvgIpc) is 2.15. The van der Waals surface area contributed by atoms with Gasteiger partial charge in [0.05, 0.1) is 9.40 Å². The SMILES string of the molecule is C#CCOc1c(Br)cc(Cl)cc1[N+](=O)[O-]. The van der Waals surface area contributed by atoms with Crippen molar-refractivity contribution in [3.63, 3.8) is 0 Å². The van der Waals surface area contributed by atoms with Crippen LogP contribution in [0.3, 0.4) is 0 Å². The Bertz CT molecular complexity index is 442. The largest absolute Gasteiger partial charge is 0.473 e. The van der Waals surface area contributed by atoms with Gasteiger partial charge in [0.15, 0.2) is 0 Å². The molecule has 0 aliphatic carbocycles. The van der Waals surface area contributed by atoms with Gasteiger partial charge in [0.25, 0.3) is 0 Å². The minimum atomic E-state index is -0.581. The van der Waals surface area contributed by atoms with Crippen molar-refractivity contribution in [2.24, 2.45) is 0 Å². The monoisotopic (exact) mass is 289 g/mol. The predicted octanol–water partition coefficient (Wildman–Crippen LogP) is 3.02. The number of rotatable bonds is 3. The van der Waals surface area contributed by atoms with Gasteiger partial charge in [-0.05, 0) is 22.0 Å². The summed E-state index contributed by atoms with van der Waals surface area (Å²) in [6.07, 6.45) is 5.00. The second kappa shape index (κ2) is 5.01. The summed E-state index contributed by atoms with van der Waals surface area (Å²) in [5.41, 5.74) is -0.218. The van der Waals surface area contributed by atoms with E-state index in [0.29, 0.717) is 4.47 Å². The summed E-state index contributed by atoms with van der Waals surface area (Å²) in [7, 11) is 0. The molecular weight excluding hydrogens is 285 g/mol. The molecule has 1 aromatic carbocycles. The Morgan fingerprint density at radius 3 is 2.87 bits per heavy atom. The molecular formula is C9H5BrClNO3. The first-order chi connectivity index (χ1) is 7.06. The molecule has 0 bridgehead atoms. The zero-order valence-corrected chi connectivity index (χ0v) is 9.71. The van der Waals surface area contributed by atoms with Crippen molar-refractivity contribution in [3.8, 4) is 18.1 Å². The smallest absolute Gasteiger partial charge is 0.313 e. The summed E-state index contributed by atoms with van der Waals surface area (Å²) >= 11 is 8.78. The molecule has 0 aliphatic rings. The van der Waals surface area contributed by atoms with Gasteiger partial charge in [-0.2, -0.15) is 0 Å². The number of hydrogen-bond donors (Lipinski definition) is 0. The Labute approximate surface area is 99.5 Å². The molecule has 0 aliphatic heterocycles. The van der Waals surface area contributed by atoms with Gasteiger partial charge >= 0.3 is 5.69 Å². The third-order valence-electron chi connectivity index (χ3n) is 1.49. The van der Waals surface area contributed by atoms with Crippen LogP contribution >= 0.6 is 27.5 Å². The maximum atomic E-state index is 10.7. The molecule has 4 nitrogen and oxygen atoms in total. The minimum absolute atomic E-state index is 0.0406. The number of nitrogens with zero attached hydrogens (tertiary/aromatic N) is 1. The van der Waals surface area contributed by atoms with E-state index in [1.807, 2.05) is 0 Å². The number of nitro groups is 1. The van der Waals surface area contributed by atoms with E-state index >= 15 is 0 Å². The first kappa shape index (κ1) is 11.8. The molecule has 0 saturated carbocycles. The van der Waals surface area contributed by atoms with Crippen LogP contribution in [0.5, 0.6) is 5.75 Å². The third kappa shape index (κ3) is 2.85. The van der Waals surface area contributed by atoms with Gasteiger partial charge in [-0.3, -0.25) is 10.1 Å². The highest BCUT2D eigenvalue weighted by atomic mass is 79.9. The van der Waals surface area contributed by atoms with Crippen molar-refractivity contribution in [2.75, 3.05) is 6.61 Å². The Morgan fingerprint density at radius 1 is 1.67 bits per heavy atom. The maximum Gasteiger partial charge on any atom is 0.313 e. The molecule has 1 aromatic rings. The molecule has 6 heteroatoms. The molecule has 15 heavy (non-hydrogen) atoms. The molecule has 0 amide bonds. The quantitative estimate of drug-likeness (QED) is 0.488. The third-order valence-corrected chi connectivity index (χ3v) is 2.29. The van der Waals surface area contributed by atoms with Gasteiger partial charge in [0, 0.05) is 11.1 Å². The molecule has 0 saturated heterocycles.